The number of hydrogen-bond acceptors (Lipinski definition) is 6. The summed E-state index contributed by atoms with van der Waals surface area (Å²) in [6, 6.07) is 11.3. The molecule has 8 nitrogen and oxygen atoms in total. The molecular weight excluding hydrogens is 362 g/mol. The molecule has 8 heteroatoms. The lowest BCUT2D eigenvalue weighted by atomic mass is 10.0. The Hall–Kier alpha value is -3.42. The predicted molar refractivity (Wildman–Crippen MR) is 107 cm³/mol. The van der Waals surface area contributed by atoms with Crippen LogP contribution in [0.5, 0.6) is 0 Å². The molecule has 0 atom stereocenters. The van der Waals surface area contributed by atoms with Gasteiger partial charge in [0.05, 0.1) is 16.2 Å². The van der Waals surface area contributed by atoms with E-state index >= 15 is 0 Å². The minimum absolute atomic E-state index is 0.0228. The molecule has 0 aliphatic carbocycles. The summed E-state index contributed by atoms with van der Waals surface area (Å²) >= 11 is 0. The minimum Gasteiger partial charge on any atom is -0.452 e. The van der Waals surface area contributed by atoms with E-state index in [0.717, 1.165) is 11.6 Å². The van der Waals surface area contributed by atoms with Gasteiger partial charge in [-0.3, -0.25) is 14.9 Å². The van der Waals surface area contributed by atoms with E-state index in [1.165, 1.54) is 12.1 Å². The van der Waals surface area contributed by atoms with Gasteiger partial charge in [0.25, 0.3) is 11.6 Å². The number of non-ortho nitro benzene ring substituents is 1. The van der Waals surface area contributed by atoms with E-state index < -0.39 is 23.4 Å². The van der Waals surface area contributed by atoms with Gasteiger partial charge in [-0.15, -0.1) is 0 Å². The summed E-state index contributed by atoms with van der Waals surface area (Å²) in [5.74, 6) is -1.08. The number of hydrogen-bond donors (Lipinski definition) is 1. The molecule has 0 fully saturated rings. The smallest absolute Gasteiger partial charge is 0.341 e. The summed E-state index contributed by atoms with van der Waals surface area (Å²) < 4.78 is 5.09. The van der Waals surface area contributed by atoms with Crippen LogP contribution in [0.1, 0.15) is 35.7 Å². The molecule has 0 aliphatic rings. The van der Waals surface area contributed by atoms with E-state index in [2.05, 4.69) is 5.32 Å². The fraction of sp³-hybridized carbons (Fsp3) is 0.300. The lowest BCUT2D eigenvalue weighted by Gasteiger charge is -2.17. The van der Waals surface area contributed by atoms with Gasteiger partial charge >= 0.3 is 5.97 Å². The molecule has 0 unspecified atom stereocenters. The van der Waals surface area contributed by atoms with Gasteiger partial charge in [0, 0.05) is 31.9 Å². The van der Waals surface area contributed by atoms with Gasteiger partial charge in [0.15, 0.2) is 6.61 Å². The van der Waals surface area contributed by atoms with E-state index in [1.54, 1.807) is 31.1 Å². The summed E-state index contributed by atoms with van der Waals surface area (Å²) in [4.78, 5) is 36.7. The van der Waals surface area contributed by atoms with Crippen LogP contribution in [-0.2, 0) is 9.53 Å². The molecule has 0 spiro atoms. The number of nitro groups is 1. The standard InChI is InChI=1S/C20H23N3O5/c1-13(2)15-7-5-6-8-17(15)21-19(24)12-28-20(25)16-11-14(23(26)27)9-10-18(16)22(3)4/h5-11,13H,12H2,1-4H3,(H,21,24). The highest BCUT2D eigenvalue weighted by Gasteiger charge is 2.20. The van der Waals surface area contributed by atoms with Gasteiger partial charge in [0.1, 0.15) is 0 Å². The summed E-state index contributed by atoms with van der Waals surface area (Å²) in [7, 11) is 3.40. The molecule has 0 saturated heterocycles. The number of para-hydroxylation sites is 1. The lowest BCUT2D eigenvalue weighted by Crippen LogP contribution is -2.23. The molecule has 2 rings (SSSR count). The average Bonchev–Trinajstić information content (AvgIpc) is 2.65. The van der Waals surface area contributed by atoms with Gasteiger partial charge in [-0.1, -0.05) is 32.0 Å². The largest absolute Gasteiger partial charge is 0.452 e. The number of benzene rings is 2. The quantitative estimate of drug-likeness (QED) is 0.444. The molecule has 0 aromatic heterocycles. The number of nitrogens with zero attached hydrogens (tertiary/aromatic N) is 2. The molecule has 0 heterocycles. The SMILES string of the molecule is CC(C)c1ccccc1NC(=O)COC(=O)c1cc([N+](=O)[O-])ccc1N(C)C. The van der Waals surface area contributed by atoms with Gasteiger partial charge < -0.3 is 15.0 Å². The number of carbonyl (C=O) groups excluding carboxylic acids is 2. The van der Waals surface area contributed by atoms with Crippen LogP contribution in [0, 0.1) is 10.1 Å². The Morgan fingerprint density at radius 2 is 1.86 bits per heavy atom. The molecule has 1 N–H and O–H groups in total. The van der Waals surface area contributed by atoms with E-state index in [0.29, 0.717) is 11.4 Å². The average molecular weight is 385 g/mol. The Bertz CT molecular complexity index is 893. The molecule has 0 bridgehead atoms. The Balaban J connectivity index is 2.11. The van der Waals surface area contributed by atoms with Crippen LogP contribution in [0.15, 0.2) is 42.5 Å². The van der Waals surface area contributed by atoms with Gasteiger partial charge in [0.2, 0.25) is 0 Å². The summed E-state index contributed by atoms with van der Waals surface area (Å²) in [5, 5.41) is 13.7. The minimum atomic E-state index is -0.806. The highest BCUT2D eigenvalue weighted by atomic mass is 16.6. The first-order valence-corrected chi connectivity index (χ1v) is 8.72. The van der Waals surface area contributed by atoms with Crippen molar-refractivity contribution in [2.75, 3.05) is 30.9 Å². The number of amides is 1. The van der Waals surface area contributed by atoms with Crippen LogP contribution < -0.4 is 10.2 Å². The number of rotatable bonds is 7. The lowest BCUT2D eigenvalue weighted by molar-refractivity contribution is -0.384. The van der Waals surface area contributed by atoms with Crippen molar-refractivity contribution in [3.8, 4) is 0 Å². The molecule has 148 valence electrons. The van der Waals surface area contributed by atoms with Crippen molar-refractivity contribution in [3.63, 3.8) is 0 Å². The Morgan fingerprint density at radius 3 is 2.46 bits per heavy atom. The molecule has 28 heavy (non-hydrogen) atoms. The third-order valence-electron chi connectivity index (χ3n) is 4.08. The Morgan fingerprint density at radius 1 is 1.18 bits per heavy atom. The maximum atomic E-state index is 12.4. The third kappa shape index (κ3) is 5.06. The number of anilines is 2. The molecule has 2 aromatic rings. The first-order chi connectivity index (χ1) is 13.2. The number of nitrogens with one attached hydrogen (secondary N) is 1. The monoisotopic (exact) mass is 385 g/mol. The number of nitro benzene ring substituents is 1. The zero-order chi connectivity index (χ0) is 20.8. The first-order valence-electron chi connectivity index (χ1n) is 8.72. The van der Waals surface area contributed by atoms with E-state index in [4.69, 9.17) is 4.74 Å². The van der Waals surface area contributed by atoms with E-state index in [1.807, 2.05) is 26.0 Å². The zero-order valence-corrected chi connectivity index (χ0v) is 16.3. The van der Waals surface area contributed by atoms with Crippen LogP contribution in [0.25, 0.3) is 0 Å². The van der Waals surface area contributed by atoms with Crippen molar-refractivity contribution in [2.24, 2.45) is 0 Å². The van der Waals surface area contributed by atoms with E-state index in [-0.39, 0.29) is 17.2 Å². The second-order valence-corrected chi connectivity index (χ2v) is 6.72. The van der Waals surface area contributed by atoms with Crippen molar-refractivity contribution in [1.29, 1.82) is 0 Å². The van der Waals surface area contributed by atoms with Crippen LogP contribution in [0.3, 0.4) is 0 Å². The van der Waals surface area contributed by atoms with Crippen molar-refractivity contribution in [1.82, 2.24) is 0 Å². The number of ether oxygens (including phenoxy) is 1. The second-order valence-electron chi connectivity index (χ2n) is 6.72. The zero-order valence-electron chi connectivity index (χ0n) is 16.3. The molecule has 0 saturated carbocycles. The second kappa shape index (κ2) is 8.98. The van der Waals surface area contributed by atoms with Gasteiger partial charge in [-0.2, -0.15) is 0 Å². The Kier molecular flexibility index (Phi) is 6.70. The third-order valence-corrected chi connectivity index (χ3v) is 4.08. The van der Waals surface area contributed by atoms with Gasteiger partial charge in [-0.05, 0) is 23.6 Å². The molecule has 0 aliphatic heterocycles. The van der Waals surface area contributed by atoms with Crippen molar-refractivity contribution >= 4 is 28.9 Å². The molecular formula is C20H23N3O5. The summed E-state index contributed by atoms with van der Waals surface area (Å²) in [5.41, 5.74) is 1.88. The highest BCUT2D eigenvalue weighted by Crippen LogP contribution is 2.25. The summed E-state index contributed by atoms with van der Waals surface area (Å²) in [6.45, 7) is 3.52. The van der Waals surface area contributed by atoms with E-state index in [9.17, 15) is 19.7 Å². The van der Waals surface area contributed by atoms with Crippen molar-refractivity contribution in [2.45, 2.75) is 19.8 Å². The first kappa shape index (κ1) is 20.9. The van der Waals surface area contributed by atoms with Crippen molar-refractivity contribution in [3.05, 3.63) is 63.7 Å². The molecule has 1 amide bonds. The molecule has 2 aromatic carbocycles. The highest BCUT2D eigenvalue weighted by molar-refractivity contribution is 5.99. The van der Waals surface area contributed by atoms with Crippen LogP contribution in [-0.4, -0.2) is 37.5 Å². The van der Waals surface area contributed by atoms with Crippen LogP contribution in [0.2, 0.25) is 0 Å². The molecule has 0 radical (unpaired) electrons. The number of carbonyl (C=O) groups is 2. The van der Waals surface area contributed by atoms with Crippen LogP contribution in [0.4, 0.5) is 17.1 Å². The fourth-order valence-corrected chi connectivity index (χ4v) is 2.70. The fourth-order valence-electron chi connectivity index (χ4n) is 2.70. The van der Waals surface area contributed by atoms with Crippen molar-refractivity contribution < 1.29 is 19.2 Å². The summed E-state index contributed by atoms with van der Waals surface area (Å²) in [6.07, 6.45) is 0. The topological polar surface area (TPSA) is 102 Å². The van der Waals surface area contributed by atoms with Gasteiger partial charge in [-0.25, -0.2) is 4.79 Å². The normalized spacial score (nSPS) is 10.5. The Labute approximate surface area is 163 Å². The maximum absolute atomic E-state index is 12.4. The number of esters is 1. The van der Waals surface area contributed by atoms with Crippen LogP contribution >= 0.6 is 0 Å². The maximum Gasteiger partial charge on any atom is 0.341 e. The predicted octanol–water partition coefficient (Wildman–Crippen LogP) is 3.58.